The predicted molar refractivity (Wildman–Crippen MR) is 150 cm³/mol. The van der Waals surface area contributed by atoms with Gasteiger partial charge in [-0.05, 0) is 56.6 Å². The van der Waals surface area contributed by atoms with Crippen LogP contribution in [-0.2, 0) is 16.0 Å². The number of hydrogen-bond acceptors (Lipinski definition) is 8. The molecule has 38 heavy (non-hydrogen) atoms. The number of piperazine rings is 1. The average Bonchev–Trinajstić information content (AvgIpc) is 3.06. The molecule has 1 aromatic heterocycles. The lowest BCUT2D eigenvalue weighted by atomic mass is 10.1. The van der Waals surface area contributed by atoms with Crippen LogP contribution in [0, 0.1) is 0 Å². The minimum absolute atomic E-state index is 0.00171. The molecule has 2 aromatic rings. The molecule has 3 atom stereocenters. The summed E-state index contributed by atoms with van der Waals surface area (Å²) in [7, 11) is 0. The fourth-order valence-electron chi connectivity index (χ4n) is 5.46. The van der Waals surface area contributed by atoms with E-state index in [4.69, 9.17) is 25.8 Å². The molecule has 10 nitrogen and oxygen atoms in total. The first-order chi connectivity index (χ1) is 17.9. The Bertz CT molecular complexity index is 1290. The molecule has 0 unspecified atom stereocenters. The van der Waals surface area contributed by atoms with Gasteiger partial charge in [-0.1, -0.05) is 11.6 Å². The van der Waals surface area contributed by atoms with Gasteiger partial charge in [-0.15, -0.1) is 0 Å². The molecule has 4 heterocycles. The van der Waals surface area contributed by atoms with Gasteiger partial charge in [-0.25, -0.2) is 9.59 Å². The lowest BCUT2D eigenvalue weighted by molar-refractivity contribution is 0.00328. The van der Waals surface area contributed by atoms with Gasteiger partial charge in [0.1, 0.15) is 18.0 Å². The molecule has 5 rings (SSSR count). The minimum Gasteiger partial charge on any atom is -0.488 e. The Morgan fingerprint density at radius 2 is 1.87 bits per heavy atom. The molecule has 3 aliphatic rings. The zero-order valence-electron chi connectivity index (χ0n) is 22.5. The van der Waals surface area contributed by atoms with E-state index >= 15 is 0 Å². The van der Waals surface area contributed by atoms with Gasteiger partial charge in [0, 0.05) is 50.2 Å². The molecule has 0 aliphatic carbocycles. The third kappa shape index (κ3) is 5.22. The van der Waals surface area contributed by atoms with E-state index in [2.05, 4.69) is 30.7 Å². The van der Waals surface area contributed by atoms with Gasteiger partial charge in [0.05, 0.1) is 34.3 Å². The second-order valence-electron chi connectivity index (χ2n) is 11.3. The van der Waals surface area contributed by atoms with Crippen LogP contribution in [0.25, 0.3) is 10.9 Å². The van der Waals surface area contributed by atoms with E-state index in [1.165, 1.54) is 0 Å². The van der Waals surface area contributed by atoms with E-state index in [-0.39, 0.29) is 29.9 Å². The van der Waals surface area contributed by atoms with Gasteiger partial charge >= 0.3 is 11.8 Å². The maximum absolute atomic E-state index is 13.6. The Morgan fingerprint density at radius 3 is 2.55 bits per heavy atom. The van der Waals surface area contributed by atoms with Gasteiger partial charge in [-0.2, -0.15) is 4.98 Å². The first-order valence-corrected chi connectivity index (χ1v) is 14.2. The predicted octanol–water partition coefficient (Wildman–Crippen LogP) is 3.74. The quantitative estimate of drug-likeness (QED) is 0.507. The van der Waals surface area contributed by atoms with Crippen LogP contribution in [-0.4, -0.2) is 95.2 Å². The maximum atomic E-state index is 13.6. The molecule has 2 fully saturated rings. The number of ether oxygens (including phenoxy) is 3. The standard InChI is InChI=1S/C26H35BrClN5O5/c1-15-12-32(25(35)38-26(3,4)5)16(2)11-31(15)23-18-10-19(28)20(27)22-21(18)33(24(34)29-23)13-17(14-37-22)30-6-8-36-9-7-30/h10,15-17H,6-9,11-14H2,1-5H3/t15-,16+,17-/m0/s1. The van der Waals surface area contributed by atoms with Crippen molar-refractivity contribution < 1.29 is 19.0 Å². The van der Waals surface area contributed by atoms with Crippen LogP contribution in [0.15, 0.2) is 15.3 Å². The van der Waals surface area contributed by atoms with Crippen molar-refractivity contribution in [3.8, 4) is 5.75 Å². The number of halogens is 2. The topological polar surface area (TPSA) is 89.4 Å². The number of amides is 1. The number of aromatic nitrogens is 2. The van der Waals surface area contributed by atoms with Crippen LogP contribution in [0.2, 0.25) is 5.02 Å². The van der Waals surface area contributed by atoms with Crippen molar-refractivity contribution in [2.45, 2.75) is 64.9 Å². The number of rotatable bonds is 2. The highest BCUT2D eigenvalue weighted by atomic mass is 79.9. The van der Waals surface area contributed by atoms with Gasteiger partial charge in [0.15, 0.2) is 5.75 Å². The zero-order chi connectivity index (χ0) is 27.4. The molecule has 0 spiro atoms. The van der Waals surface area contributed by atoms with Crippen molar-refractivity contribution in [3.05, 3.63) is 26.0 Å². The summed E-state index contributed by atoms with van der Waals surface area (Å²) in [6.07, 6.45) is -0.340. The third-order valence-electron chi connectivity index (χ3n) is 7.36. The monoisotopic (exact) mass is 611 g/mol. The Morgan fingerprint density at radius 1 is 1.16 bits per heavy atom. The number of anilines is 1. The minimum atomic E-state index is -0.578. The number of benzene rings is 1. The first-order valence-electron chi connectivity index (χ1n) is 13.1. The van der Waals surface area contributed by atoms with Crippen molar-refractivity contribution in [2.75, 3.05) is 50.9 Å². The van der Waals surface area contributed by atoms with Crippen LogP contribution >= 0.6 is 27.5 Å². The van der Waals surface area contributed by atoms with Crippen molar-refractivity contribution >= 4 is 50.3 Å². The number of morpholine rings is 1. The van der Waals surface area contributed by atoms with Crippen molar-refractivity contribution in [1.29, 1.82) is 0 Å². The van der Waals surface area contributed by atoms with E-state index in [9.17, 15) is 9.59 Å². The van der Waals surface area contributed by atoms with Crippen molar-refractivity contribution in [1.82, 2.24) is 19.4 Å². The summed E-state index contributed by atoms with van der Waals surface area (Å²) < 4.78 is 19.8. The Hall–Kier alpha value is -2.08. The molecule has 0 N–H and O–H groups in total. The molecule has 1 amide bonds. The van der Waals surface area contributed by atoms with Gasteiger partial charge in [0.25, 0.3) is 0 Å². The Balaban J connectivity index is 1.54. The van der Waals surface area contributed by atoms with Crippen molar-refractivity contribution in [3.63, 3.8) is 0 Å². The van der Waals surface area contributed by atoms with Crippen LogP contribution in [0.5, 0.6) is 5.75 Å². The molecule has 0 bridgehead atoms. The van der Waals surface area contributed by atoms with Gasteiger partial charge in [0.2, 0.25) is 0 Å². The maximum Gasteiger partial charge on any atom is 0.410 e. The van der Waals surface area contributed by atoms with Crippen LogP contribution in [0.1, 0.15) is 34.6 Å². The summed E-state index contributed by atoms with van der Waals surface area (Å²) in [5.74, 6) is 1.10. The molecule has 208 valence electrons. The first kappa shape index (κ1) is 27.5. The highest BCUT2D eigenvalue weighted by molar-refractivity contribution is 9.10. The normalized spacial score (nSPS) is 24.8. The van der Waals surface area contributed by atoms with Crippen molar-refractivity contribution in [2.24, 2.45) is 0 Å². The summed E-state index contributed by atoms with van der Waals surface area (Å²) in [6, 6.07) is 1.59. The third-order valence-corrected chi connectivity index (χ3v) is 8.67. The zero-order valence-corrected chi connectivity index (χ0v) is 24.8. The summed E-state index contributed by atoms with van der Waals surface area (Å²) >= 11 is 10.3. The summed E-state index contributed by atoms with van der Waals surface area (Å²) in [6.45, 7) is 14.3. The Kier molecular flexibility index (Phi) is 7.58. The molecule has 3 aliphatic heterocycles. The molecule has 1 aromatic carbocycles. The number of hydrogen-bond donors (Lipinski definition) is 0. The number of nitrogens with zero attached hydrogens (tertiary/aromatic N) is 5. The van der Waals surface area contributed by atoms with E-state index in [1.807, 2.05) is 40.7 Å². The molecular weight excluding hydrogens is 578 g/mol. The van der Waals surface area contributed by atoms with E-state index in [0.717, 1.165) is 18.5 Å². The lowest BCUT2D eigenvalue weighted by Crippen LogP contribution is -2.59. The molecule has 0 radical (unpaired) electrons. The smallest absolute Gasteiger partial charge is 0.410 e. The average molecular weight is 613 g/mol. The van der Waals surface area contributed by atoms with E-state index in [0.29, 0.717) is 66.0 Å². The Labute approximate surface area is 235 Å². The largest absolute Gasteiger partial charge is 0.488 e. The second kappa shape index (κ2) is 10.5. The SMILES string of the molecule is C[C@@H]1CN(c2nc(=O)n3c4c(c(Br)c(Cl)cc24)OC[C@@H](N2CCOCC2)C3)[C@@H](C)CN1C(=O)OC(C)(C)C. The molecular formula is C26H35BrClN5O5. The summed E-state index contributed by atoms with van der Waals surface area (Å²) in [5, 5.41) is 1.24. The molecule has 2 saturated heterocycles. The van der Waals surface area contributed by atoms with Crippen LogP contribution < -0.4 is 15.3 Å². The van der Waals surface area contributed by atoms with Crippen LogP contribution in [0.4, 0.5) is 10.6 Å². The summed E-state index contributed by atoms with van der Waals surface area (Å²) in [4.78, 5) is 37.2. The van der Waals surface area contributed by atoms with E-state index < -0.39 is 5.60 Å². The van der Waals surface area contributed by atoms with Gasteiger partial charge in [-0.3, -0.25) is 9.47 Å². The van der Waals surface area contributed by atoms with Gasteiger partial charge < -0.3 is 24.0 Å². The molecule has 0 saturated carbocycles. The van der Waals surface area contributed by atoms with Crippen LogP contribution in [0.3, 0.4) is 0 Å². The molecule has 12 heteroatoms. The highest BCUT2D eigenvalue weighted by Crippen LogP contribution is 2.43. The number of carbonyl (C=O) groups excluding carboxylic acids is 1. The number of carbonyl (C=O) groups is 1. The fourth-order valence-corrected chi connectivity index (χ4v) is 6.07. The lowest BCUT2D eigenvalue weighted by Gasteiger charge is -2.45. The van der Waals surface area contributed by atoms with E-state index in [1.54, 1.807) is 9.47 Å². The second-order valence-corrected chi connectivity index (χ2v) is 12.5. The summed E-state index contributed by atoms with van der Waals surface area (Å²) in [5.41, 5.74) is -0.228. The highest BCUT2D eigenvalue weighted by Gasteiger charge is 2.37. The fraction of sp³-hybridized carbons (Fsp3) is 0.654.